The van der Waals surface area contributed by atoms with Crippen LogP contribution in [0.15, 0.2) is 29.2 Å². The Bertz CT molecular complexity index is 574. The highest BCUT2D eigenvalue weighted by molar-refractivity contribution is 7.91. The second-order valence-electron chi connectivity index (χ2n) is 5.38. The molecule has 0 spiro atoms. The van der Waals surface area contributed by atoms with E-state index in [0.717, 1.165) is 6.54 Å². The summed E-state index contributed by atoms with van der Waals surface area (Å²) in [5, 5.41) is 12.0. The zero-order valence-corrected chi connectivity index (χ0v) is 13.1. The molecule has 110 valence electrons. The van der Waals surface area contributed by atoms with Crippen molar-refractivity contribution in [2.24, 2.45) is 11.8 Å². The van der Waals surface area contributed by atoms with Crippen LogP contribution >= 0.6 is 0 Å². The van der Waals surface area contributed by atoms with Crippen LogP contribution in [0.5, 0.6) is 0 Å². The fraction of sp³-hybridized carbons (Fsp3) is 0.533. The van der Waals surface area contributed by atoms with Gasteiger partial charge in [0.2, 0.25) is 0 Å². The van der Waals surface area contributed by atoms with E-state index in [1.54, 1.807) is 12.1 Å². The lowest BCUT2D eigenvalue weighted by molar-refractivity contribution is 0.397. The van der Waals surface area contributed by atoms with Crippen molar-refractivity contribution in [1.29, 1.82) is 5.26 Å². The monoisotopic (exact) mass is 294 g/mol. The fourth-order valence-corrected chi connectivity index (χ4v) is 2.89. The Hall–Kier alpha value is -1.38. The van der Waals surface area contributed by atoms with Crippen molar-refractivity contribution in [2.45, 2.75) is 25.7 Å². The van der Waals surface area contributed by atoms with Gasteiger partial charge in [-0.3, -0.25) is 0 Å². The lowest BCUT2D eigenvalue weighted by Crippen LogP contribution is -2.29. The van der Waals surface area contributed by atoms with E-state index in [0.29, 0.717) is 23.9 Å². The summed E-state index contributed by atoms with van der Waals surface area (Å²) in [4.78, 5) is 0.218. The van der Waals surface area contributed by atoms with Gasteiger partial charge in [-0.15, -0.1) is 0 Å². The SMILES string of the molecule is CC(C)C(C)CNCCS(=O)(=O)c1cccc(C#N)c1. The summed E-state index contributed by atoms with van der Waals surface area (Å²) in [7, 11) is -3.32. The number of nitrogens with zero attached hydrogens (tertiary/aromatic N) is 1. The quantitative estimate of drug-likeness (QED) is 0.783. The van der Waals surface area contributed by atoms with Gasteiger partial charge < -0.3 is 5.32 Å². The third kappa shape index (κ3) is 4.95. The first-order valence-corrected chi connectivity index (χ1v) is 8.45. The molecule has 0 amide bonds. The maximum atomic E-state index is 12.1. The number of rotatable bonds is 7. The van der Waals surface area contributed by atoms with Crippen LogP contribution in [-0.2, 0) is 9.84 Å². The van der Waals surface area contributed by atoms with Gasteiger partial charge in [0.05, 0.1) is 22.3 Å². The van der Waals surface area contributed by atoms with E-state index in [9.17, 15) is 8.42 Å². The van der Waals surface area contributed by atoms with Gasteiger partial charge >= 0.3 is 0 Å². The molecule has 1 aromatic rings. The molecule has 4 nitrogen and oxygen atoms in total. The second-order valence-corrected chi connectivity index (χ2v) is 7.49. The number of hydrogen-bond donors (Lipinski definition) is 1. The first kappa shape index (κ1) is 16.7. The molecule has 0 aliphatic heterocycles. The minimum Gasteiger partial charge on any atom is -0.315 e. The second kappa shape index (κ2) is 7.41. The third-order valence-corrected chi connectivity index (χ3v) is 5.19. The molecule has 0 radical (unpaired) electrons. The Kier molecular flexibility index (Phi) is 6.18. The third-order valence-electron chi connectivity index (χ3n) is 3.47. The number of nitriles is 1. The molecule has 0 saturated heterocycles. The van der Waals surface area contributed by atoms with Gasteiger partial charge in [0, 0.05) is 6.54 Å². The molecule has 1 N–H and O–H groups in total. The molecule has 20 heavy (non-hydrogen) atoms. The molecule has 0 aromatic heterocycles. The molecule has 5 heteroatoms. The van der Waals surface area contributed by atoms with Gasteiger partial charge in [-0.25, -0.2) is 8.42 Å². The lowest BCUT2D eigenvalue weighted by Gasteiger charge is -2.16. The predicted octanol–water partition coefficient (Wildman–Crippen LogP) is 2.21. The molecule has 0 heterocycles. The first-order chi connectivity index (χ1) is 9.36. The van der Waals surface area contributed by atoms with Crippen LogP contribution in [0.3, 0.4) is 0 Å². The summed E-state index contributed by atoms with van der Waals surface area (Å²) in [6.45, 7) is 7.68. The van der Waals surface area contributed by atoms with Crippen molar-refractivity contribution in [3.05, 3.63) is 29.8 Å². The summed E-state index contributed by atoms with van der Waals surface area (Å²) in [6.07, 6.45) is 0. The molecule has 0 bridgehead atoms. The molecular formula is C15H22N2O2S. The molecule has 0 aliphatic carbocycles. The van der Waals surface area contributed by atoms with Gasteiger partial charge in [-0.1, -0.05) is 26.8 Å². The van der Waals surface area contributed by atoms with Gasteiger partial charge in [0.1, 0.15) is 0 Å². The van der Waals surface area contributed by atoms with Gasteiger partial charge in [0.15, 0.2) is 9.84 Å². The van der Waals surface area contributed by atoms with E-state index in [1.807, 2.05) is 6.07 Å². The first-order valence-electron chi connectivity index (χ1n) is 6.80. The van der Waals surface area contributed by atoms with Crippen molar-refractivity contribution in [3.63, 3.8) is 0 Å². The molecule has 1 atom stereocenters. The Morgan fingerprint density at radius 1 is 1.30 bits per heavy atom. The van der Waals surface area contributed by atoms with Crippen molar-refractivity contribution in [1.82, 2.24) is 5.32 Å². The normalized spacial score (nSPS) is 13.2. The van der Waals surface area contributed by atoms with Crippen LogP contribution in [0, 0.1) is 23.2 Å². The highest BCUT2D eigenvalue weighted by Gasteiger charge is 2.15. The molecule has 1 unspecified atom stereocenters. The Balaban J connectivity index is 2.56. The Morgan fingerprint density at radius 2 is 2.00 bits per heavy atom. The smallest absolute Gasteiger partial charge is 0.179 e. The summed E-state index contributed by atoms with van der Waals surface area (Å²) >= 11 is 0. The average molecular weight is 294 g/mol. The highest BCUT2D eigenvalue weighted by Crippen LogP contribution is 2.13. The molecule has 0 fully saturated rings. The van der Waals surface area contributed by atoms with Crippen molar-refractivity contribution in [3.8, 4) is 6.07 Å². The highest BCUT2D eigenvalue weighted by atomic mass is 32.2. The molecule has 0 aliphatic rings. The van der Waals surface area contributed by atoms with Crippen molar-refractivity contribution in [2.75, 3.05) is 18.8 Å². The van der Waals surface area contributed by atoms with E-state index in [-0.39, 0.29) is 10.6 Å². The van der Waals surface area contributed by atoms with Gasteiger partial charge in [-0.2, -0.15) is 5.26 Å². The molecule has 1 rings (SSSR count). The summed E-state index contributed by atoms with van der Waals surface area (Å²) in [5.41, 5.74) is 0.368. The number of nitrogens with one attached hydrogen (secondary N) is 1. The molecule has 1 aromatic carbocycles. The van der Waals surface area contributed by atoms with E-state index >= 15 is 0 Å². The van der Waals surface area contributed by atoms with Gasteiger partial charge in [0.25, 0.3) is 0 Å². The van der Waals surface area contributed by atoms with Crippen LogP contribution in [0.2, 0.25) is 0 Å². The minimum absolute atomic E-state index is 0.0483. The van der Waals surface area contributed by atoms with E-state index in [2.05, 4.69) is 26.1 Å². The lowest BCUT2D eigenvalue weighted by atomic mass is 9.98. The standard InChI is InChI=1S/C15H22N2O2S/c1-12(2)13(3)11-17-7-8-20(18,19)15-6-4-5-14(9-15)10-16/h4-6,9,12-13,17H,7-8,11H2,1-3H3. The predicted molar refractivity (Wildman–Crippen MR) is 80.1 cm³/mol. The number of benzene rings is 1. The van der Waals surface area contributed by atoms with Crippen LogP contribution in [0.4, 0.5) is 0 Å². The maximum Gasteiger partial charge on any atom is 0.179 e. The average Bonchev–Trinajstić information content (AvgIpc) is 2.43. The summed E-state index contributed by atoms with van der Waals surface area (Å²) in [6, 6.07) is 8.11. The number of hydrogen-bond acceptors (Lipinski definition) is 4. The minimum atomic E-state index is -3.32. The zero-order valence-electron chi connectivity index (χ0n) is 12.3. The van der Waals surface area contributed by atoms with Gasteiger partial charge in [-0.05, 0) is 36.6 Å². The maximum absolute atomic E-state index is 12.1. The van der Waals surface area contributed by atoms with E-state index in [1.165, 1.54) is 12.1 Å². The fourth-order valence-electron chi connectivity index (χ4n) is 1.65. The zero-order chi connectivity index (χ0) is 15.2. The van der Waals surface area contributed by atoms with Crippen LogP contribution < -0.4 is 5.32 Å². The van der Waals surface area contributed by atoms with E-state index in [4.69, 9.17) is 5.26 Å². The molecule has 0 saturated carbocycles. The van der Waals surface area contributed by atoms with E-state index < -0.39 is 9.84 Å². The van der Waals surface area contributed by atoms with Crippen LogP contribution in [0.25, 0.3) is 0 Å². The number of sulfone groups is 1. The Morgan fingerprint density at radius 3 is 2.60 bits per heavy atom. The summed E-state index contributed by atoms with van der Waals surface area (Å²) < 4.78 is 24.3. The largest absolute Gasteiger partial charge is 0.315 e. The molecular weight excluding hydrogens is 272 g/mol. The summed E-state index contributed by atoms with van der Waals surface area (Å²) in [5.74, 6) is 1.14. The van der Waals surface area contributed by atoms with Crippen LogP contribution in [-0.4, -0.2) is 27.3 Å². The van der Waals surface area contributed by atoms with Crippen LogP contribution in [0.1, 0.15) is 26.3 Å². The van der Waals surface area contributed by atoms with Crippen molar-refractivity contribution >= 4 is 9.84 Å². The van der Waals surface area contributed by atoms with Crippen molar-refractivity contribution < 1.29 is 8.42 Å². The Labute approximate surface area is 121 Å². The topological polar surface area (TPSA) is 70.0 Å².